The minimum Gasteiger partial charge on any atom is -0.394 e. The number of oxime groups is 1. The molecule has 0 unspecified atom stereocenters. The third kappa shape index (κ3) is 3.49. The number of para-hydroxylation sites is 1. The molecule has 0 N–H and O–H groups in total. The molecular formula is C19H23N3O3S2. The number of likely N-dealkylation sites (tertiary alicyclic amines) is 1. The van der Waals surface area contributed by atoms with E-state index in [0.717, 1.165) is 25.2 Å². The van der Waals surface area contributed by atoms with E-state index < -0.39 is 10.0 Å². The fraction of sp³-hybridized carbons (Fsp3) is 0.421. The largest absolute Gasteiger partial charge is 0.394 e. The average Bonchev–Trinajstić information content (AvgIpc) is 3.16. The number of hydrogen-bond acceptors (Lipinski definition) is 6. The van der Waals surface area contributed by atoms with E-state index >= 15 is 0 Å². The van der Waals surface area contributed by atoms with Crippen LogP contribution in [-0.2, 0) is 14.9 Å². The van der Waals surface area contributed by atoms with E-state index in [4.69, 9.17) is 4.84 Å². The van der Waals surface area contributed by atoms with Gasteiger partial charge in [-0.1, -0.05) is 29.8 Å². The first-order valence-electron chi connectivity index (χ1n) is 9.17. The summed E-state index contributed by atoms with van der Waals surface area (Å²) in [7, 11) is -2.03. The summed E-state index contributed by atoms with van der Waals surface area (Å²) in [5.74, 6) is 0. The monoisotopic (exact) mass is 405 g/mol. The maximum atomic E-state index is 13.0. The highest BCUT2D eigenvalue weighted by atomic mass is 32.2. The van der Waals surface area contributed by atoms with Gasteiger partial charge in [0.2, 0.25) is 0 Å². The molecule has 0 atom stereocenters. The van der Waals surface area contributed by atoms with Crippen molar-refractivity contribution in [2.45, 2.75) is 24.2 Å². The van der Waals surface area contributed by atoms with Crippen molar-refractivity contribution in [2.75, 3.05) is 37.6 Å². The van der Waals surface area contributed by atoms with E-state index in [9.17, 15) is 8.42 Å². The summed E-state index contributed by atoms with van der Waals surface area (Å²) in [6.45, 7) is 3.56. The van der Waals surface area contributed by atoms with Crippen molar-refractivity contribution >= 4 is 32.8 Å². The molecule has 0 aliphatic carbocycles. The number of fused-ring (bicyclic) bond motifs is 2. The Balaban J connectivity index is 1.65. The van der Waals surface area contributed by atoms with Crippen molar-refractivity contribution in [3.05, 3.63) is 46.2 Å². The number of nitrogens with zero attached hydrogens (tertiary/aromatic N) is 3. The first-order chi connectivity index (χ1) is 13.1. The van der Waals surface area contributed by atoms with Crippen LogP contribution in [0.25, 0.3) is 0 Å². The number of thiophene rings is 1. The van der Waals surface area contributed by atoms with Gasteiger partial charge in [-0.15, -0.1) is 11.3 Å². The minimum absolute atomic E-state index is 0.282. The third-order valence-electron chi connectivity index (χ3n) is 5.08. The van der Waals surface area contributed by atoms with Crippen LogP contribution in [0.15, 0.2) is 45.8 Å². The van der Waals surface area contributed by atoms with Crippen molar-refractivity contribution in [1.29, 1.82) is 0 Å². The van der Waals surface area contributed by atoms with Gasteiger partial charge in [-0.2, -0.15) is 0 Å². The standard InChI is InChI=1S/C19H23N3O3S2/c1-21-16-8-4-3-7-15(16)18(19-17(9-14-26-19)27(21,23)24)20-25-13-12-22-10-5-2-6-11-22/h3-4,7-9,14H,2,5-6,10-13H2,1H3/b20-18+. The smallest absolute Gasteiger partial charge is 0.265 e. The van der Waals surface area contributed by atoms with E-state index in [1.807, 2.05) is 18.2 Å². The van der Waals surface area contributed by atoms with Crippen LogP contribution in [0.1, 0.15) is 29.7 Å². The number of sulfonamides is 1. The minimum atomic E-state index is -3.61. The molecule has 1 aromatic heterocycles. The van der Waals surface area contributed by atoms with Crippen molar-refractivity contribution in [3.8, 4) is 0 Å². The molecule has 1 aromatic carbocycles. The van der Waals surface area contributed by atoms with Gasteiger partial charge in [0.1, 0.15) is 17.2 Å². The van der Waals surface area contributed by atoms with Crippen LogP contribution >= 0.6 is 11.3 Å². The first-order valence-corrected chi connectivity index (χ1v) is 11.5. The second kappa shape index (κ2) is 7.61. The van der Waals surface area contributed by atoms with Gasteiger partial charge in [-0.25, -0.2) is 8.42 Å². The van der Waals surface area contributed by atoms with E-state index in [1.54, 1.807) is 24.6 Å². The molecule has 27 heavy (non-hydrogen) atoms. The molecule has 2 aromatic rings. The molecule has 0 amide bonds. The topological polar surface area (TPSA) is 62.2 Å². The van der Waals surface area contributed by atoms with E-state index in [0.29, 0.717) is 22.9 Å². The maximum absolute atomic E-state index is 13.0. The third-order valence-corrected chi connectivity index (χ3v) is 7.95. The summed E-state index contributed by atoms with van der Waals surface area (Å²) < 4.78 is 27.2. The lowest BCUT2D eigenvalue weighted by molar-refractivity contribution is 0.103. The van der Waals surface area contributed by atoms with E-state index in [1.165, 1.54) is 34.9 Å². The normalized spacial score (nSPS) is 20.8. The molecule has 4 rings (SSSR count). The van der Waals surface area contributed by atoms with Gasteiger partial charge in [0.15, 0.2) is 0 Å². The highest BCUT2D eigenvalue weighted by molar-refractivity contribution is 7.93. The molecule has 3 heterocycles. The molecule has 0 saturated carbocycles. The zero-order valence-corrected chi connectivity index (χ0v) is 16.9. The van der Waals surface area contributed by atoms with Gasteiger partial charge < -0.3 is 4.84 Å². The van der Waals surface area contributed by atoms with Crippen molar-refractivity contribution in [3.63, 3.8) is 0 Å². The Bertz CT molecular complexity index is 947. The summed E-state index contributed by atoms with van der Waals surface area (Å²) in [5.41, 5.74) is 1.96. The van der Waals surface area contributed by atoms with Gasteiger partial charge in [-0.05, 0) is 43.4 Å². The van der Waals surface area contributed by atoms with Crippen LogP contribution in [0.2, 0.25) is 0 Å². The average molecular weight is 406 g/mol. The molecule has 2 aliphatic heterocycles. The summed E-state index contributed by atoms with van der Waals surface area (Å²) in [6.07, 6.45) is 3.79. The lowest BCUT2D eigenvalue weighted by Crippen LogP contribution is -2.32. The second-order valence-electron chi connectivity index (χ2n) is 6.78. The summed E-state index contributed by atoms with van der Waals surface area (Å²) >= 11 is 1.37. The number of rotatable bonds is 4. The Morgan fingerprint density at radius 2 is 1.93 bits per heavy atom. The molecule has 2 aliphatic rings. The Kier molecular flexibility index (Phi) is 5.21. The Morgan fingerprint density at radius 1 is 1.15 bits per heavy atom. The maximum Gasteiger partial charge on any atom is 0.265 e. The summed E-state index contributed by atoms with van der Waals surface area (Å²) in [6, 6.07) is 9.05. The van der Waals surface area contributed by atoms with Crippen LogP contribution in [0.5, 0.6) is 0 Å². The molecule has 1 saturated heterocycles. The molecule has 144 valence electrons. The molecule has 0 spiro atoms. The lowest BCUT2D eigenvalue weighted by Gasteiger charge is -2.25. The van der Waals surface area contributed by atoms with E-state index in [-0.39, 0.29) is 4.90 Å². The Morgan fingerprint density at radius 3 is 2.74 bits per heavy atom. The highest BCUT2D eigenvalue weighted by Crippen LogP contribution is 2.36. The van der Waals surface area contributed by atoms with Crippen molar-refractivity contribution in [2.24, 2.45) is 5.16 Å². The van der Waals surface area contributed by atoms with Crippen LogP contribution in [0, 0.1) is 0 Å². The van der Waals surface area contributed by atoms with Gasteiger partial charge in [-0.3, -0.25) is 9.21 Å². The fourth-order valence-corrected chi connectivity index (χ4v) is 6.19. The van der Waals surface area contributed by atoms with Gasteiger partial charge in [0.25, 0.3) is 10.0 Å². The van der Waals surface area contributed by atoms with Crippen molar-refractivity contribution in [1.82, 2.24) is 4.90 Å². The zero-order valence-electron chi connectivity index (χ0n) is 15.3. The predicted molar refractivity (Wildman–Crippen MR) is 108 cm³/mol. The molecule has 0 bridgehead atoms. The van der Waals surface area contributed by atoms with Crippen LogP contribution in [-0.4, -0.2) is 52.3 Å². The van der Waals surface area contributed by atoms with Gasteiger partial charge in [0.05, 0.1) is 10.6 Å². The van der Waals surface area contributed by atoms with Crippen LogP contribution < -0.4 is 4.31 Å². The summed E-state index contributed by atoms with van der Waals surface area (Å²) in [4.78, 5) is 8.96. The van der Waals surface area contributed by atoms with Gasteiger partial charge >= 0.3 is 0 Å². The molecule has 6 nitrogen and oxygen atoms in total. The van der Waals surface area contributed by atoms with Gasteiger partial charge in [0, 0.05) is 19.2 Å². The first kappa shape index (κ1) is 18.5. The lowest BCUT2D eigenvalue weighted by atomic mass is 10.1. The zero-order chi connectivity index (χ0) is 18.9. The predicted octanol–water partition coefficient (Wildman–Crippen LogP) is 3.14. The molecule has 0 radical (unpaired) electrons. The van der Waals surface area contributed by atoms with Crippen molar-refractivity contribution < 1.29 is 13.3 Å². The quantitative estimate of drug-likeness (QED) is 0.579. The fourth-order valence-electron chi connectivity index (χ4n) is 3.57. The molecule has 1 fully saturated rings. The number of piperidine rings is 1. The highest BCUT2D eigenvalue weighted by Gasteiger charge is 2.34. The molecular weight excluding hydrogens is 382 g/mol. The summed E-state index contributed by atoms with van der Waals surface area (Å²) in [5, 5.41) is 6.18. The van der Waals surface area contributed by atoms with Crippen LogP contribution in [0.3, 0.4) is 0 Å². The number of hydrogen-bond donors (Lipinski definition) is 0. The Hall–Kier alpha value is -1.90. The Labute approximate surface area is 164 Å². The number of anilines is 1. The SMILES string of the molecule is CN1c2ccccc2/C(=N\OCCN2CCCCC2)c2sccc2S1(=O)=O. The number of benzene rings is 1. The second-order valence-corrected chi connectivity index (χ2v) is 9.63. The molecule has 8 heteroatoms. The van der Waals surface area contributed by atoms with Crippen LogP contribution in [0.4, 0.5) is 5.69 Å². The van der Waals surface area contributed by atoms with E-state index in [2.05, 4.69) is 10.1 Å².